The van der Waals surface area contributed by atoms with Crippen LogP contribution < -0.4 is 5.32 Å². The third-order valence-corrected chi connectivity index (χ3v) is 4.80. The lowest BCUT2D eigenvalue weighted by Gasteiger charge is -2.31. The van der Waals surface area contributed by atoms with Crippen LogP contribution in [0.15, 0.2) is 35.4 Å². The fourth-order valence-corrected chi connectivity index (χ4v) is 3.36. The summed E-state index contributed by atoms with van der Waals surface area (Å²) in [6, 6.07) is 5.43. The lowest BCUT2D eigenvalue weighted by Crippen LogP contribution is -2.50. The second-order valence-electron chi connectivity index (χ2n) is 6.13. The van der Waals surface area contributed by atoms with E-state index in [-0.39, 0.29) is 18.1 Å². The minimum Gasteiger partial charge on any atom is -0.379 e. The largest absolute Gasteiger partial charge is 0.379 e. The molecule has 1 aromatic heterocycles. The Kier molecular flexibility index (Phi) is 5.60. The first-order valence-corrected chi connectivity index (χ1v) is 8.98. The van der Waals surface area contributed by atoms with E-state index in [1.165, 1.54) is 16.9 Å². The maximum atomic E-state index is 12.6. The molecule has 1 N–H and O–H groups in total. The van der Waals surface area contributed by atoms with Crippen LogP contribution in [0.4, 0.5) is 0 Å². The Bertz CT molecular complexity index is 737. The summed E-state index contributed by atoms with van der Waals surface area (Å²) in [4.78, 5) is 16.8. The number of rotatable bonds is 5. The molecule has 1 fully saturated rings. The van der Waals surface area contributed by atoms with E-state index in [2.05, 4.69) is 10.3 Å². The molecule has 1 saturated heterocycles. The molecule has 0 spiro atoms. The van der Waals surface area contributed by atoms with Gasteiger partial charge in [0.2, 0.25) is 0 Å². The highest BCUT2D eigenvalue weighted by Crippen LogP contribution is 2.20. The van der Waals surface area contributed by atoms with Crippen molar-refractivity contribution in [1.82, 2.24) is 10.3 Å². The Balaban J connectivity index is 1.65. The molecule has 2 heterocycles. The molecule has 1 aliphatic heterocycles. The first kappa shape index (κ1) is 17.1. The predicted molar refractivity (Wildman–Crippen MR) is 95.5 cm³/mol. The molecular weight excluding hydrogens is 324 g/mol. The average Bonchev–Trinajstić information content (AvgIpc) is 3.03. The van der Waals surface area contributed by atoms with Crippen LogP contribution >= 0.6 is 11.3 Å². The topological polar surface area (TPSA) is 60.5 Å². The van der Waals surface area contributed by atoms with Gasteiger partial charge in [-0.1, -0.05) is 11.6 Å². The van der Waals surface area contributed by atoms with E-state index in [4.69, 9.17) is 9.47 Å². The van der Waals surface area contributed by atoms with Crippen molar-refractivity contribution in [3.8, 4) is 0 Å². The highest BCUT2D eigenvalue weighted by Gasteiger charge is 2.28. The number of allylic oxidation sites excluding steroid dienone is 1. The number of carbonyl (C=O) groups excluding carboxylic acids is 1. The van der Waals surface area contributed by atoms with E-state index < -0.39 is 0 Å². The number of aromatic nitrogens is 1. The van der Waals surface area contributed by atoms with Crippen molar-refractivity contribution >= 4 is 27.5 Å². The van der Waals surface area contributed by atoms with Gasteiger partial charge in [-0.2, -0.15) is 0 Å². The first-order chi connectivity index (χ1) is 11.6. The monoisotopic (exact) mass is 346 g/mol. The smallest absolute Gasteiger partial charge is 0.251 e. The Morgan fingerprint density at radius 1 is 1.50 bits per heavy atom. The molecule has 2 aromatic rings. The number of carbonyl (C=O) groups is 1. The van der Waals surface area contributed by atoms with Crippen molar-refractivity contribution in [1.29, 1.82) is 0 Å². The van der Waals surface area contributed by atoms with Gasteiger partial charge in [0.15, 0.2) is 0 Å². The van der Waals surface area contributed by atoms with Crippen molar-refractivity contribution in [2.45, 2.75) is 32.4 Å². The molecule has 5 nitrogen and oxygen atoms in total. The van der Waals surface area contributed by atoms with Crippen LogP contribution in [-0.2, 0) is 9.47 Å². The zero-order valence-electron chi connectivity index (χ0n) is 14.0. The molecular formula is C18H22N2O3S. The fraction of sp³-hybridized carbons (Fsp3) is 0.444. The third-order valence-electron chi connectivity index (χ3n) is 4.00. The van der Waals surface area contributed by atoms with Crippen LogP contribution in [0.2, 0.25) is 0 Å². The quantitative estimate of drug-likeness (QED) is 0.845. The zero-order valence-corrected chi connectivity index (χ0v) is 14.8. The van der Waals surface area contributed by atoms with E-state index in [0.717, 1.165) is 16.6 Å². The molecule has 6 heteroatoms. The molecule has 24 heavy (non-hydrogen) atoms. The first-order valence-electron chi connectivity index (χ1n) is 8.10. The minimum atomic E-state index is -0.131. The Morgan fingerprint density at radius 2 is 2.38 bits per heavy atom. The van der Waals surface area contributed by atoms with Gasteiger partial charge in [0, 0.05) is 12.2 Å². The second-order valence-corrected chi connectivity index (χ2v) is 7.02. The van der Waals surface area contributed by atoms with Gasteiger partial charge in [-0.25, -0.2) is 4.98 Å². The maximum absolute atomic E-state index is 12.6. The predicted octanol–water partition coefficient (Wildman–Crippen LogP) is 3.17. The van der Waals surface area contributed by atoms with E-state index >= 15 is 0 Å². The SMILES string of the molecule is CC(C)=CCO[C@H]1CCOC[C@H]1NC(=O)c1ccc2ncsc2c1. The van der Waals surface area contributed by atoms with Gasteiger partial charge in [0.25, 0.3) is 5.91 Å². The van der Waals surface area contributed by atoms with Crippen molar-refractivity contribution in [3.05, 3.63) is 40.9 Å². The third kappa shape index (κ3) is 4.20. The molecule has 0 bridgehead atoms. The van der Waals surface area contributed by atoms with Crippen molar-refractivity contribution < 1.29 is 14.3 Å². The molecule has 1 aromatic carbocycles. The summed E-state index contributed by atoms with van der Waals surface area (Å²) in [5.74, 6) is -0.100. The molecule has 0 unspecified atom stereocenters. The fourth-order valence-electron chi connectivity index (χ4n) is 2.64. The van der Waals surface area contributed by atoms with E-state index in [1.54, 1.807) is 11.6 Å². The van der Waals surface area contributed by atoms with Gasteiger partial charge in [-0.05, 0) is 38.5 Å². The summed E-state index contributed by atoms with van der Waals surface area (Å²) < 4.78 is 12.5. The van der Waals surface area contributed by atoms with Crippen LogP contribution in [0, 0.1) is 0 Å². The van der Waals surface area contributed by atoms with E-state index in [9.17, 15) is 4.79 Å². The standard InChI is InChI=1S/C18H22N2O3S/c1-12(2)5-8-23-16-6-7-22-10-15(16)20-18(21)13-3-4-14-17(9-13)24-11-19-14/h3-5,9,11,15-16H,6-8,10H2,1-2H3,(H,20,21)/t15-,16+/m1/s1. The lowest BCUT2D eigenvalue weighted by atomic mass is 10.1. The maximum Gasteiger partial charge on any atom is 0.251 e. The van der Waals surface area contributed by atoms with Crippen LogP contribution in [0.1, 0.15) is 30.6 Å². The molecule has 0 aliphatic carbocycles. The summed E-state index contributed by atoms with van der Waals surface area (Å²) in [7, 11) is 0. The average molecular weight is 346 g/mol. The number of thiazole rings is 1. The van der Waals surface area contributed by atoms with Crippen LogP contribution in [0.3, 0.4) is 0 Å². The Hall–Kier alpha value is -1.76. The second kappa shape index (κ2) is 7.88. The van der Waals surface area contributed by atoms with Gasteiger partial charge in [0.05, 0.1) is 41.1 Å². The Morgan fingerprint density at radius 3 is 3.21 bits per heavy atom. The van der Waals surface area contributed by atoms with Crippen molar-refractivity contribution in [2.24, 2.45) is 0 Å². The summed E-state index contributed by atoms with van der Waals surface area (Å²) >= 11 is 1.53. The summed E-state index contributed by atoms with van der Waals surface area (Å²) in [5, 5.41) is 3.05. The highest BCUT2D eigenvalue weighted by molar-refractivity contribution is 7.16. The molecule has 3 rings (SSSR count). The minimum absolute atomic E-state index is 0.0227. The van der Waals surface area contributed by atoms with Crippen molar-refractivity contribution in [2.75, 3.05) is 19.8 Å². The van der Waals surface area contributed by atoms with Gasteiger partial charge >= 0.3 is 0 Å². The van der Waals surface area contributed by atoms with Crippen molar-refractivity contribution in [3.63, 3.8) is 0 Å². The number of fused-ring (bicyclic) bond motifs is 1. The van der Waals surface area contributed by atoms with Gasteiger partial charge in [-0.3, -0.25) is 4.79 Å². The number of hydrogen-bond acceptors (Lipinski definition) is 5. The molecule has 0 radical (unpaired) electrons. The number of amides is 1. The number of ether oxygens (including phenoxy) is 2. The summed E-state index contributed by atoms with van der Waals surface area (Å²) in [6.07, 6.45) is 2.81. The number of benzene rings is 1. The van der Waals surface area contributed by atoms with Gasteiger partial charge in [-0.15, -0.1) is 11.3 Å². The molecule has 0 saturated carbocycles. The van der Waals surface area contributed by atoms with E-state index in [0.29, 0.717) is 25.4 Å². The van der Waals surface area contributed by atoms with Crippen LogP contribution in [-0.4, -0.2) is 42.9 Å². The number of nitrogens with zero attached hydrogens (tertiary/aromatic N) is 1. The van der Waals surface area contributed by atoms with E-state index in [1.807, 2.05) is 32.1 Å². The van der Waals surface area contributed by atoms with Gasteiger partial charge < -0.3 is 14.8 Å². The van der Waals surface area contributed by atoms with Gasteiger partial charge in [0.1, 0.15) is 0 Å². The number of nitrogens with one attached hydrogen (secondary N) is 1. The normalized spacial score (nSPS) is 20.8. The molecule has 128 valence electrons. The van der Waals surface area contributed by atoms with Crippen LogP contribution in [0.5, 0.6) is 0 Å². The highest BCUT2D eigenvalue weighted by atomic mass is 32.1. The number of hydrogen-bond donors (Lipinski definition) is 1. The zero-order chi connectivity index (χ0) is 16.9. The molecule has 1 aliphatic rings. The summed E-state index contributed by atoms with van der Waals surface area (Å²) in [6.45, 7) is 5.79. The summed E-state index contributed by atoms with van der Waals surface area (Å²) in [5.41, 5.74) is 4.57. The Labute approximate surface area is 145 Å². The molecule has 1 amide bonds. The molecule has 2 atom stereocenters. The lowest BCUT2D eigenvalue weighted by molar-refractivity contribution is -0.0457. The van der Waals surface area contributed by atoms with Crippen LogP contribution in [0.25, 0.3) is 10.2 Å².